The van der Waals surface area contributed by atoms with Crippen LogP contribution >= 0.6 is 0 Å². The van der Waals surface area contributed by atoms with Gasteiger partial charge < -0.3 is 5.23 Å². The van der Waals surface area contributed by atoms with Crippen LogP contribution < -0.4 is 5.23 Å². The molecular formula is C26H40BN3. The van der Waals surface area contributed by atoms with Crippen molar-refractivity contribution in [2.75, 3.05) is 19.8 Å². The second-order valence-electron chi connectivity index (χ2n) is 9.94. The first-order valence-electron chi connectivity index (χ1n) is 12.5. The quantitative estimate of drug-likeness (QED) is 0.692. The van der Waals surface area contributed by atoms with Crippen molar-refractivity contribution in [3.63, 3.8) is 0 Å². The lowest BCUT2D eigenvalue weighted by molar-refractivity contribution is 0.127. The average molecular weight is 405 g/mol. The van der Waals surface area contributed by atoms with Gasteiger partial charge in [0.1, 0.15) is 0 Å². The molecule has 3 nitrogen and oxygen atoms in total. The van der Waals surface area contributed by atoms with Gasteiger partial charge in [0.2, 0.25) is 0 Å². The summed E-state index contributed by atoms with van der Waals surface area (Å²) in [5.41, 5.74) is 3.35. The minimum Gasteiger partial charge on any atom is -0.350 e. The Morgan fingerprint density at radius 2 is 1.57 bits per heavy atom. The number of para-hydroxylation sites is 1. The van der Waals surface area contributed by atoms with Gasteiger partial charge in [0.05, 0.1) is 5.52 Å². The van der Waals surface area contributed by atoms with Crippen LogP contribution in [-0.2, 0) is 0 Å². The molecule has 1 saturated carbocycles. The zero-order chi connectivity index (χ0) is 20.7. The molecule has 0 bridgehead atoms. The van der Waals surface area contributed by atoms with E-state index in [2.05, 4.69) is 53.4 Å². The summed E-state index contributed by atoms with van der Waals surface area (Å²) in [6.07, 6.45) is 18.9. The van der Waals surface area contributed by atoms with Gasteiger partial charge in [0.15, 0.2) is 7.98 Å². The van der Waals surface area contributed by atoms with Gasteiger partial charge in [-0.05, 0) is 93.5 Å². The van der Waals surface area contributed by atoms with Crippen LogP contribution in [0, 0.1) is 5.41 Å². The van der Waals surface area contributed by atoms with Crippen molar-refractivity contribution in [1.29, 1.82) is 0 Å². The summed E-state index contributed by atoms with van der Waals surface area (Å²) in [6, 6.07) is 11.0. The molecule has 1 aliphatic heterocycles. The molecule has 30 heavy (non-hydrogen) atoms. The minimum atomic E-state index is 0.641. The molecule has 2 heterocycles. The number of nitrogens with one attached hydrogen (secondary N) is 1. The summed E-state index contributed by atoms with van der Waals surface area (Å²) >= 11 is 0. The smallest absolute Gasteiger partial charge is 0.183 e. The molecule has 1 saturated heterocycles. The third kappa shape index (κ3) is 5.45. The van der Waals surface area contributed by atoms with Crippen molar-refractivity contribution in [1.82, 2.24) is 15.1 Å². The molecule has 1 aromatic heterocycles. The molecule has 0 atom stereocenters. The van der Waals surface area contributed by atoms with Gasteiger partial charge >= 0.3 is 0 Å². The number of likely N-dealkylation sites (tertiary alicyclic amines) is 1. The lowest BCUT2D eigenvalue weighted by Crippen LogP contribution is -2.37. The van der Waals surface area contributed by atoms with Gasteiger partial charge in [-0.2, -0.15) is 0 Å². The summed E-state index contributed by atoms with van der Waals surface area (Å²) in [5.74, 6) is 0.708. The van der Waals surface area contributed by atoms with Crippen molar-refractivity contribution < 1.29 is 0 Å². The van der Waals surface area contributed by atoms with Crippen LogP contribution in [0.4, 0.5) is 0 Å². The fourth-order valence-corrected chi connectivity index (χ4v) is 6.31. The van der Waals surface area contributed by atoms with E-state index in [9.17, 15) is 0 Å². The number of benzene rings is 1. The third-order valence-electron chi connectivity index (χ3n) is 7.89. The second-order valence-corrected chi connectivity index (χ2v) is 9.94. The summed E-state index contributed by atoms with van der Waals surface area (Å²) in [4.78, 5) is 7.20. The first kappa shape index (κ1) is 21.8. The van der Waals surface area contributed by atoms with Crippen LogP contribution in [0.25, 0.3) is 10.9 Å². The number of hydrogen-bond donors (Lipinski definition) is 1. The number of fused-ring (bicyclic) bond motifs is 1. The van der Waals surface area contributed by atoms with Gasteiger partial charge in [-0.15, -0.1) is 0 Å². The maximum atomic E-state index is 4.60. The molecule has 2 aromatic rings. The van der Waals surface area contributed by atoms with Crippen LogP contribution in [0.3, 0.4) is 0 Å². The normalized spacial score (nSPS) is 22.5. The number of aromatic nitrogens is 1. The van der Waals surface area contributed by atoms with Crippen molar-refractivity contribution >= 4 is 18.9 Å². The van der Waals surface area contributed by atoms with E-state index in [4.69, 9.17) is 0 Å². The molecule has 0 amide bonds. The predicted octanol–water partition coefficient (Wildman–Crippen LogP) is 5.41. The Hall–Kier alpha value is -1.39. The number of rotatable bonds is 3. The van der Waals surface area contributed by atoms with E-state index >= 15 is 0 Å². The molecule has 4 heteroatoms. The monoisotopic (exact) mass is 405 g/mol. The SMILES string of the molecule is BNCN1CCCC2(CCCCC(c3ccnc4ccccc34)CCCC2)CCC1. The molecule has 4 rings (SSSR count). The van der Waals surface area contributed by atoms with Gasteiger partial charge in [-0.3, -0.25) is 9.88 Å². The van der Waals surface area contributed by atoms with E-state index in [-0.39, 0.29) is 0 Å². The zero-order valence-corrected chi connectivity index (χ0v) is 19.0. The van der Waals surface area contributed by atoms with E-state index in [0.717, 1.165) is 12.2 Å². The van der Waals surface area contributed by atoms with Crippen LogP contribution in [-0.4, -0.2) is 37.6 Å². The molecule has 1 aliphatic carbocycles. The highest BCUT2D eigenvalue weighted by atomic mass is 15.2. The molecule has 1 aromatic carbocycles. The summed E-state index contributed by atoms with van der Waals surface area (Å²) in [7, 11) is 2.07. The highest BCUT2D eigenvalue weighted by molar-refractivity contribution is 6.04. The predicted molar refractivity (Wildman–Crippen MR) is 130 cm³/mol. The molecule has 1 N–H and O–H groups in total. The topological polar surface area (TPSA) is 28.2 Å². The molecule has 162 valence electrons. The largest absolute Gasteiger partial charge is 0.350 e. The Labute approximate surface area is 184 Å². The summed E-state index contributed by atoms with van der Waals surface area (Å²) in [6.45, 7) is 3.61. The average Bonchev–Trinajstić information content (AvgIpc) is 2.76. The lowest BCUT2D eigenvalue weighted by Gasteiger charge is -2.39. The molecule has 2 aliphatic rings. The summed E-state index contributed by atoms with van der Waals surface area (Å²) < 4.78 is 0. The van der Waals surface area contributed by atoms with Crippen LogP contribution in [0.15, 0.2) is 36.5 Å². The van der Waals surface area contributed by atoms with E-state index < -0.39 is 0 Å². The number of pyridine rings is 1. The molecule has 0 radical (unpaired) electrons. The second kappa shape index (κ2) is 10.8. The van der Waals surface area contributed by atoms with Crippen molar-refractivity contribution in [2.24, 2.45) is 5.41 Å². The summed E-state index contributed by atoms with van der Waals surface area (Å²) in [5, 5.41) is 4.72. The van der Waals surface area contributed by atoms with E-state index in [1.165, 1.54) is 95.5 Å². The van der Waals surface area contributed by atoms with Crippen molar-refractivity contribution in [2.45, 2.75) is 83.0 Å². The van der Waals surface area contributed by atoms with Gasteiger partial charge in [-0.1, -0.05) is 43.9 Å². The van der Waals surface area contributed by atoms with Crippen LogP contribution in [0.5, 0.6) is 0 Å². The van der Waals surface area contributed by atoms with E-state index in [1.807, 2.05) is 6.20 Å². The third-order valence-corrected chi connectivity index (χ3v) is 7.89. The first-order chi connectivity index (χ1) is 14.8. The maximum absolute atomic E-state index is 4.60. The van der Waals surface area contributed by atoms with Crippen LogP contribution in [0.2, 0.25) is 0 Å². The van der Waals surface area contributed by atoms with Crippen molar-refractivity contribution in [3.05, 3.63) is 42.1 Å². The Bertz CT molecular complexity index is 763. The molecular weight excluding hydrogens is 365 g/mol. The van der Waals surface area contributed by atoms with Gasteiger partial charge in [0, 0.05) is 18.3 Å². The standard InChI is InChI=1S/C26H40BN3/c27-29-21-30-19-7-16-26(17-8-20-30)14-5-3-9-22(10-4-6-15-26)23-13-18-28-25-12-2-1-11-24(23)25/h1-2,11-13,18,22,29H,3-10,14-17,19-21,27H2. The van der Waals surface area contributed by atoms with Gasteiger partial charge in [-0.25, -0.2) is 0 Å². The number of hydrogen-bond acceptors (Lipinski definition) is 3. The highest BCUT2D eigenvalue weighted by Crippen LogP contribution is 2.44. The zero-order valence-electron chi connectivity index (χ0n) is 19.0. The molecule has 1 spiro atoms. The van der Waals surface area contributed by atoms with E-state index in [1.54, 1.807) is 5.56 Å². The van der Waals surface area contributed by atoms with Crippen molar-refractivity contribution in [3.8, 4) is 0 Å². The Balaban J connectivity index is 1.38. The fraction of sp³-hybridized carbons (Fsp3) is 0.654. The lowest BCUT2D eigenvalue weighted by atomic mass is 9.69. The first-order valence-corrected chi connectivity index (χ1v) is 12.5. The van der Waals surface area contributed by atoms with Crippen LogP contribution in [0.1, 0.15) is 88.5 Å². The Morgan fingerprint density at radius 1 is 0.900 bits per heavy atom. The maximum Gasteiger partial charge on any atom is 0.183 e. The minimum absolute atomic E-state index is 0.641. The fourth-order valence-electron chi connectivity index (χ4n) is 6.31. The highest BCUT2D eigenvalue weighted by Gasteiger charge is 2.31. The molecule has 0 unspecified atom stereocenters. The van der Waals surface area contributed by atoms with Gasteiger partial charge in [0.25, 0.3) is 0 Å². The Kier molecular flexibility index (Phi) is 7.84. The molecule has 2 fully saturated rings. The van der Waals surface area contributed by atoms with E-state index in [0.29, 0.717) is 11.3 Å². The Morgan fingerprint density at radius 3 is 2.27 bits per heavy atom. The number of nitrogens with zero attached hydrogens (tertiary/aromatic N) is 2.